The van der Waals surface area contributed by atoms with Crippen molar-refractivity contribution >= 4 is 11.8 Å². The van der Waals surface area contributed by atoms with Gasteiger partial charge in [0.15, 0.2) is 0 Å². The van der Waals surface area contributed by atoms with E-state index in [4.69, 9.17) is 4.74 Å². The molecule has 9 unspecified atom stereocenters. The number of carbonyl (C=O) groups excluding carboxylic acids is 2. The first-order valence-electron chi connectivity index (χ1n) is 12.6. The number of hydrogen-bond acceptors (Lipinski definition) is 3. The highest BCUT2D eigenvalue weighted by atomic mass is 16.5. The second-order valence-electron chi connectivity index (χ2n) is 11.0. The highest BCUT2D eigenvalue weighted by molar-refractivity contribution is 5.82. The minimum atomic E-state index is -0.408. The van der Waals surface area contributed by atoms with Crippen LogP contribution in [0.15, 0.2) is 0 Å². The van der Waals surface area contributed by atoms with E-state index in [0.717, 1.165) is 25.7 Å². The van der Waals surface area contributed by atoms with Gasteiger partial charge in [-0.15, -0.1) is 0 Å². The third-order valence-electron chi connectivity index (χ3n) is 8.90. The lowest BCUT2D eigenvalue weighted by Crippen LogP contribution is -2.98. The van der Waals surface area contributed by atoms with Crippen molar-refractivity contribution in [2.24, 2.45) is 23.7 Å². The Balaban J connectivity index is 1.32. The molecule has 5 fully saturated rings. The number of carbonyl (C=O) groups is 2. The first-order valence-corrected chi connectivity index (χ1v) is 12.6. The van der Waals surface area contributed by atoms with Crippen LogP contribution in [-0.4, -0.2) is 59.6 Å². The molecule has 0 bridgehead atoms. The summed E-state index contributed by atoms with van der Waals surface area (Å²) in [6, 6.07) is 1.60. The third kappa shape index (κ3) is 3.38. The van der Waals surface area contributed by atoms with Crippen molar-refractivity contribution in [2.45, 2.75) is 109 Å². The summed E-state index contributed by atoms with van der Waals surface area (Å²) in [6.07, 6.45) is 8.85. The maximum absolute atomic E-state index is 13.6. The van der Waals surface area contributed by atoms with Gasteiger partial charge in [-0.2, -0.15) is 0 Å². The van der Waals surface area contributed by atoms with Crippen LogP contribution in [0.25, 0.3) is 0 Å². The van der Waals surface area contributed by atoms with Crippen LogP contribution in [0.5, 0.6) is 0 Å². The van der Waals surface area contributed by atoms with E-state index >= 15 is 0 Å². The maximum atomic E-state index is 13.6. The van der Waals surface area contributed by atoms with Gasteiger partial charge >= 0.3 is 0 Å². The summed E-state index contributed by atoms with van der Waals surface area (Å²) >= 11 is 0. The summed E-state index contributed by atoms with van der Waals surface area (Å²) in [4.78, 5) is 28.3. The topological polar surface area (TPSA) is 75.2 Å². The molecular weight excluding hydrogens is 378 g/mol. The van der Waals surface area contributed by atoms with E-state index in [-0.39, 0.29) is 24.0 Å². The summed E-state index contributed by atoms with van der Waals surface area (Å²) < 4.78 is 6.25. The fourth-order valence-electron chi connectivity index (χ4n) is 7.84. The highest BCUT2D eigenvalue weighted by Gasteiger charge is 2.63. The van der Waals surface area contributed by atoms with Gasteiger partial charge in [0, 0.05) is 30.3 Å². The van der Waals surface area contributed by atoms with Crippen LogP contribution in [-0.2, 0) is 14.3 Å². The fourth-order valence-corrected chi connectivity index (χ4v) is 7.84. The normalized spacial score (nSPS) is 43.6. The average Bonchev–Trinajstić information content (AvgIpc) is 3.06. The number of nitrogens with one attached hydrogen (secondary N) is 1. The molecule has 0 radical (unpaired) electrons. The van der Waals surface area contributed by atoms with Crippen molar-refractivity contribution in [1.82, 2.24) is 10.2 Å². The van der Waals surface area contributed by atoms with Crippen molar-refractivity contribution in [1.29, 1.82) is 0 Å². The molecule has 168 valence electrons. The van der Waals surface area contributed by atoms with Gasteiger partial charge in [0.25, 0.3) is 0 Å². The van der Waals surface area contributed by atoms with Crippen LogP contribution >= 0.6 is 0 Å². The Kier molecular flexibility index (Phi) is 5.59. The predicted octanol–water partition coefficient (Wildman–Crippen LogP) is 1.44. The van der Waals surface area contributed by atoms with Crippen molar-refractivity contribution in [3.8, 4) is 0 Å². The van der Waals surface area contributed by atoms with Gasteiger partial charge in [-0.3, -0.25) is 9.59 Å². The van der Waals surface area contributed by atoms with E-state index in [0.29, 0.717) is 41.8 Å². The minimum Gasteiger partial charge on any atom is -0.365 e. The molecular formula is C24H40N3O3+. The molecule has 2 saturated carbocycles. The van der Waals surface area contributed by atoms with Crippen LogP contribution < -0.4 is 10.6 Å². The molecule has 0 spiro atoms. The lowest BCUT2D eigenvalue weighted by molar-refractivity contribution is -0.713. The summed E-state index contributed by atoms with van der Waals surface area (Å²) in [7, 11) is 0. The van der Waals surface area contributed by atoms with E-state index in [2.05, 4.69) is 15.5 Å². The van der Waals surface area contributed by atoms with Gasteiger partial charge < -0.3 is 20.3 Å². The first kappa shape index (κ1) is 20.7. The summed E-state index contributed by atoms with van der Waals surface area (Å²) in [5.41, 5.74) is 0. The zero-order valence-electron chi connectivity index (χ0n) is 18.9. The second kappa shape index (κ2) is 8.09. The summed E-state index contributed by atoms with van der Waals surface area (Å²) in [5, 5.41) is 5.56. The van der Waals surface area contributed by atoms with Gasteiger partial charge in [0.05, 0.1) is 18.7 Å². The Bertz CT molecular complexity index is 683. The van der Waals surface area contributed by atoms with Crippen molar-refractivity contribution < 1.29 is 19.6 Å². The Morgan fingerprint density at radius 2 is 1.87 bits per heavy atom. The van der Waals surface area contributed by atoms with Crippen LogP contribution in [0.1, 0.15) is 72.1 Å². The Morgan fingerprint density at radius 3 is 2.67 bits per heavy atom. The molecule has 30 heavy (non-hydrogen) atoms. The lowest BCUT2D eigenvalue weighted by atomic mass is 9.66. The first-order chi connectivity index (χ1) is 14.5. The molecule has 3 heterocycles. The molecule has 5 rings (SSSR count). The summed E-state index contributed by atoms with van der Waals surface area (Å²) in [6.45, 7) is 7.05. The van der Waals surface area contributed by atoms with Gasteiger partial charge in [-0.05, 0) is 64.7 Å². The van der Waals surface area contributed by atoms with Crippen LogP contribution in [0.4, 0.5) is 0 Å². The number of nitrogens with zero attached hydrogens (tertiary/aromatic N) is 1. The highest BCUT2D eigenvalue weighted by Crippen LogP contribution is 2.52. The van der Waals surface area contributed by atoms with E-state index in [1.807, 2.05) is 20.8 Å². The van der Waals surface area contributed by atoms with E-state index in [9.17, 15) is 9.59 Å². The summed E-state index contributed by atoms with van der Waals surface area (Å²) in [5.74, 6) is 2.53. The van der Waals surface area contributed by atoms with E-state index in [1.165, 1.54) is 32.2 Å². The molecule has 3 saturated heterocycles. The molecule has 5 aliphatic rings. The largest absolute Gasteiger partial charge is 0.365 e. The number of hydrogen-bond donors (Lipinski definition) is 2. The number of nitrogens with two attached hydrogens (primary N) is 1. The maximum Gasteiger partial charge on any atom is 0.249 e. The number of fused-ring (bicyclic) bond motifs is 5. The smallest absolute Gasteiger partial charge is 0.249 e. The third-order valence-corrected chi connectivity index (χ3v) is 8.90. The Labute approximate surface area is 180 Å². The predicted molar refractivity (Wildman–Crippen MR) is 114 cm³/mol. The molecule has 6 nitrogen and oxygen atoms in total. The molecule has 9 atom stereocenters. The SMILES string of the molecule is CC(C)NC(=O)C(C)OC1CCC2C(C1)C1CC[NH2+]C3C4CCCCC4C(=O)N2C13. The standard InChI is InChI=1S/C24H39N3O3/c1-13(2)26-23(28)14(3)30-15-8-9-20-19(12-15)17-10-11-25-21-16-6-4-5-7-18(16)24(29)27(20)22(17)21/h13-22,25H,4-12H2,1-3H3,(H,26,28)/p+1. The molecule has 0 aromatic carbocycles. The number of amides is 2. The molecule has 0 aromatic rings. The monoisotopic (exact) mass is 418 g/mol. The molecule has 2 amide bonds. The zero-order chi connectivity index (χ0) is 21.0. The number of ether oxygens (including phenoxy) is 1. The molecule has 3 aliphatic heterocycles. The van der Waals surface area contributed by atoms with Crippen molar-refractivity contribution in [2.75, 3.05) is 6.54 Å². The van der Waals surface area contributed by atoms with Crippen molar-refractivity contribution in [3.05, 3.63) is 0 Å². The Morgan fingerprint density at radius 1 is 1.07 bits per heavy atom. The van der Waals surface area contributed by atoms with Gasteiger partial charge in [-0.25, -0.2) is 0 Å². The number of quaternary nitrogens is 1. The number of piperidine rings is 2. The van der Waals surface area contributed by atoms with E-state index < -0.39 is 6.10 Å². The van der Waals surface area contributed by atoms with Gasteiger partial charge in [0.1, 0.15) is 12.1 Å². The molecule has 3 N–H and O–H groups in total. The molecule has 6 heteroatoms. The molecule has 2 aliphatic carbocycles. The van der Waals surface area contributed by atoms with Crippen LogP contribution in [0, 0.1) is 23.7 Å². The van der Waals surface area contributed by atoms with Gasteiger partial charge in [-0.1, -0.05) is 12.8 Å². The Hall–Kier alpha value is -1.14. The van der Waals surface area contributed by atoms with Crippen LogP contribution in [0.2, 0.25) is 0 Å². The lowest BCUT2D eigenvalue weighted by Gasteiger charge is -2.50. The average molecular weight is 419 g/mol. The fraction of sp³-hybridized carbons (Fsp3) is 0.917. The van der Waals surface area contributed by atoms with Gasteiger partial charge in [0.2, 0.25) is 11.8 Å². The minimum absolute atomic E-state index is 0.0115. The molecule has 0 aromatic heterocycles. The van der Waals surface area contributed by atoms with Crippen LogP contribution in [0.3, 0.4) is 0 Å². The quantitative estimate of drug-likeness (QED) is 0.725. The zero-order valence-corrected chi connectivity index (χ0v) is 18.9. The van der Waals surface area contributed by atoms with Crippen molar-refractivity contribution in [3.63, 3.8) is 0 Å². The number of rotatable bonds is 4. The van der Waals surface area contributed by atoms with E-state index in [1.54, 1.807) is 0 Å². The second-order valence-corrected chi connectivity index (χ2v) is 11.0.